The molecule has 0 saturated carbocycles. The molecule has 1 aliphatic carbocycles. The van der Waals surface area contributed by atoms with Crippen molar-refractivity contribution in [3.8, 4) is 0 Å². The van der Waals surface area contributed by atoms with Crippen molar-refractivity contribution in [2.24, 2.45) is 0 Å². The number of fused-ring (bicyclic) bond motifs is 1. The van der Waals surface area contributed by atoms with Gasteiger partial charge in [0.05, 0.1) is 11.4 Å². The number of piperazine rings is 1. The maximum atomic E-state index is 12.4. The molecule has 0 unspecified atom stereocenters. The third kappa shape index (κ3) is 3.73. The molecule has 0 N–H and O–H groups in total. The van der Waals surface area contributed by atoms with Crippen LogP contribution in [0, 0.1) is 0 Å². The Kier molecular flexibility index (Phi) is 4.78. The van der Waals surface area contributed by atoms with Crippen LogP contribution >= 0.6 is 11.8 Å². The van der Waals surface area contributed by atoms with E-state index in [1.54, 1.807) is 18.5 Å². The third-order valence-corrected chi connectivity index (χ3v) is 5.49. The van der Waals surface area contributed by atoms with Gasteiger partial charge in [0, 0.05) is 38.6 Å². The zero-order valence-electron chi connectivity index (χ0n) is 14.0. The van der Waals surface area contributed by atoms with Gasteiger partial charge < -0.3 is 9.80 Å². The quantitative estimate of drug-likeness (QED) is 0.602. The molecule has 3 heterocycles. The van der Waals surface area contributed by atoms with Crippen molar-refractivity contribution in [1.82, 2.24) is 25.1 Å². The van der Waals surface area contributed by atoms with Crippen molar-refractivity contribution in [1.29, 1.82) is 0 Å². The van der Waals surface area contributed by atoms with E-state index >= 15 is 0 Å². The molecule has 1 amide bonds. The Morgan fingerprint density at radius 3 is 2.68 bits per heavy atom. The molecule has 0 aromatic carbocycles. The van der Waals surface area contributed by atoms with Crippen molar-refractivity contribution in [2.45, 2.75) is 24.4 Å². The molecule has 2 aromatic rings. The monoisotopic (exact) mass is 356 g/mol. The number of hydrogen-bond donors (Lipinski definition) is 0. The molecule has 1 aliphatic heterocycles. The van der Waals surface area contributed by atoms with Crippen molar-refractivity contribution in [2.75, 3.05) is 36.8 Å². The normalized spacial score (nSPS) is 16.8. The fraction of sp³-hybridized carbons (Fsp3) is 0.471. The van der Waals surface area contributed by atoms with Gasteiger partial charge in [0.25, 0.3) is 0 Å². The summed E-state index contributed by atoms with van der Waals surface area (Å²) in [6, 6.07) is 3.95. The number of nitrogens with zero attached hydrogens (tertiary/aromatic N) is 6. The first-order valence-electron chi connectivity index (χ1n) is 8.57. The second-order valence-corrected chi connectivity index (χ2v) is 7.16. The molecule has 0 bridgehead atoms. The highest BCUT2D eigenvalue weighted by Crippen LogP contribution is 2.23. The number of thioether (sulfide) groups is 1. The second kappa shape index (κ2) is 7.35. The van der Waals surface area contributed by atoms with Crippen LogP contribution in [0.15, 0.2) is 29.7 Å². The minimum Gasteiger partial charge on any atom is -0.352 e. The highest BCUT2D eigenvalue weighted by atomic mass is 32.2. The van der Waals surface area contributed by atoms with Crippen LogP contribution in [-0.2, 0) is 17.6 Å². The van der Waals surface area contributed by atoms with Crippen LogP contribution in [0.5, 0.6) is 0 Å². The Bertz CT molecular complexity index is 748. The fourth-order valence-corrected chi connectivity index (χ4v) is 3.94. The maximum absolute atomic E-state index is 12.4. The van der Waals surface area contributed by atoms with Gasteiger partial charge >= 0.3 is 0 Å². The fourth-order valence-electron chi connectivity index (χ4n) is 3.23. The van der Waals surface area contributed by atoms with Gasteiger partial charge in [-0.3, -0.25) is 4.79 Å². The molecule has 130 valence electrons. The van der Waals surface area contributed by atoms with Crippen LogP contribution < -0.4 is 4.90 Å². The molecule has 8 heteroatoms. The van der Waals surface area contributed by atoms with E-state index in [9.17, 15) is 4.79 Å². The van der Waals surface area contributed by atoms with E-state index < -0.39 is 0 Å². The van der Waals surface area contributed by atoms with Gasteiger partial charge in [0.2, 0.25) is 5.91 Å². The van der Waals surface area contributed by atoms with Gasteiger partial charge in [0.15, 0.2) is 11.0 Å². The van der Waals surface area contributed by atoms with Crippen LogP contribution in [0.4, 0.5) is 5.82 Å². The highest BCUT2D eigenvalue weighted by molar-refractivity contribution is 7.99. The molecule has 0 spiro atoms. The third-order valence-electron chi connectivity index (χ3n) is 4.63. The molecule has 2 aliphatic rings. The van der Waals surface area contributed by atoms with Crippen LogP contribution in [0.2, 0.25) is 0 Å². The van der Waals surface area contributed by atoms with E-state index in [0.29, 0.717) is 24.0 Å². The summed E-state index contributed by atoms with van der Waals surface area (Å²) in [4.78, 5) is 24.8. The van der Waals surface area contributed by atoms with Crippen molar-refractivity contribution in [3.63, 3.8) is 0 Å². The predicted molar refractivity (Wildman–Crippen MR) is 95.6 cm³/mol. The van der Waals surface area contributed by atoms with E-state index in [-0.39, 0.29) is 5.91 Å². The largest absolute Gasteiger partial charge is 0.352 e. The molecular formula is C17H20N6OS. The van der Waals surface area contributed by atoms with Crippen LogP contribution in [-0.4, -0.2) is 62.9 Å². The minimum atomic E-state index is 0.136. The first-order valence-corrected chi connectivity index (χ1v) is 9.56. The maximum Gasteiger partial charge on any atom is 0.233 e. The van der Waals surface area contributed by atoms with Gasteiger partial charge in [-0.05, 0) is 37.0 Å². The number of carbonyl (C=O) groups excluding carboxylic acids is 1. The highest BCUT2D eigenvalue weighted by Gasteiger charge is 2.23. The summed E-state index contributed by atoms with van der Waals surface area (Å²) in [5.41, 5.74) is 2.49. The van der Waals surface area contributed by atoms with E-state index in [1.807, 2.05) is 4.90 Å². The molecule has 0 radical (unpaired) electrons. The molecule has 0 atom stereocenters. The predicted octanol–water partition coefficient (Wildman–Crippen LogP) is 1.20. The van der Waals surface area contributed by atoms with Crippen LogP contribution in [0.25, 0.3) is 0 Å². The number of rotatable bonds is 4. The second-order valence-electron chi connectivity index (χ2n) is 6.22. The Morgan fingerprint density at radius 2 is 1.88 bits per heavy atom. The molecule has 4 rings (SSSR count). The molecule has 7 nitrogen and oxygen atoms in total. The van der Waals surface area contributed by atoms with Gasteiger partial charge in [-0.1, -0.05) is 11.8 Å². The van der Waals surface area contributed by atoms with Crippen molar-refractivity contribution >= 4 is 23.5 Å². The van der Waals surface area contributed by atoms with E-state index in [0.717, 1.165) is 37.4 Å². The lowest BCUT2D eigenvalue weighted by molar-refractivity contribution is -0.128. The first-order chi connectivity index (χ1) is 12.3. The standard InChI is InChI=1S/C17H20N6OS/c24-16(12-25-17-18-5-2-6-19-17)23-9-7-22(8-10-23)15-11-13-3-1-4-14(13)20-21-15/h2,5-6,11H,1,3-4,7-10,12H2. The Morgan fingerprint density at radius 1 is 1.08 bits per heavy atom. The van der Waals surface area contributed by atoms with Gasteiger partial charge in [-0.25, -0.2) is 9.97 Å². The molecule has 2 aromatic heterocycles. The number of amides is 1. The van der Waals surface area contributed by atoms with Crippen LogP contribution in [0.3, 0.4) is 0 Å². The van der Waals surface area contributed by atoms with Crippen molar-refractivity contribution < 1.29 is 4.79 Å². The average Bonchev–Trinajstić information content (AvgIpc) is 3.15. The minimum absolute atomic E-state index is 0.136. The Labute approximate surface area is 150 Å². The van der Waals surface area contributed by atoms with Gasteiger partial charge in [0.1, 0.15) is 0 Å². The topological polar surface area (TPSA) is 75.1 Å². The van der Waals surface area contributed by atoms with Gasteiger partial charge in [-0.2, -0.15) is 5.10 Å². The number of aryl methyl sites for hydroxylation is 2. The summed E-state index contributed by atoms with van der Waals surface area (Å²) in [6.45, 7) is 3.03. The van der Waals surface area contributed by atoms with Crippen molar-refractivity contribution in [3.05, 3.63) is 35.8 Å². The summed E-state index contributed by atoms with van der Waals surface area (Å²) in [5, 5.41) is 9.38. The summed E-state index contributed by atoms with van der Waals surface area (Å²) >= 11 is 1.38. The Balaban J connectivity index is 1.30. The summed E-state index contributed by atoms with van der Waals surface area (Å²) < 4.78 is 0. The summed E-state index contributed by atoms with van der Waals surface area (Å²) in [5.74, 6) is 1.46. The molecule has 1 saturated heterocycles. The zero-order valence-corrected chi connectivity index (χ0v) is 14.8. The smallest absolute Gasteiger partial charge is 0.233 e. The summed E-state index contributed by atoms with van der Waals surface area (Å²) in [7, 11) is 0. The first kappa shape index (κ1) is 16.3. The van der Waals surface area contributed by atoms with E-state index in [1.165, 1.54) is 23.7 Å². The van der Waals surface area contributed by atoms with Crippen LogP contribution in [0.1, 0.15) is 17.7 Å². The van der Waals surface area contributed by atoms with Gasteiger partial charge in [-0.15, -0.1) is 5.10 Å². The van der Waals surface area contributed by atoms with E-state index in [2.05, 4.69) is 31.1 Å². The molecule has 1 fully saturated rings. The summed E-state index contributed by atoms with van der Waals surface area (Å²) in [6.07, 6.45) is 6.72. The molecule has 25 heavy (non-hydrogen) atoms. The average molecular weight is 356 g/mol. The number of hydrogen-bond acceptors (Lipinski definition) is 7. The van der Waals surface area contributed by atoms with E-state index in [4.69, 9.17) is 0 Å². The lowest BCUT2D eigenvalue weighted by atomic mass is 10.2. The zero-order chi connectivity index (χ0) is 17.1. The number of carbonyl (C=O) groups is 1. The SMILES string of the molecule is O=C(CSc1ncccn1)N1CCN(c2cc3c(nn2)CCC3)CC1. The number of anilines is 1. The lowest BCUT2D eigenvalue weighted by Gasteiger charge is -2.35. The number of aromatic nitrogens is 4. The Hall–Kier alpha value is -2.22. The lowest BCUT2D eigenvalue weighted by Crippen LogP contribution is -2.49. The molecular weight excluding hydrogens is 336 g/mol.